The first-order valence-corrected chi connectivity index (χ1v) is 13.0. The molecule has 34 heavy (non-hydrogen) atoms. The molecule has 0 aliphatic carbocycles. The Labute approximate surface area is 202 Å². The Balaban J connectivity index is 1.42. The number of sulfonamides is 1. The van der Waals surface area contributed by atoms with Gasteiger partial charge in [-0.1, -0.05) is 73.7 Å². The van der Waals surface area contributed by atoms with Crippen molar-refractivity contribution in [3.8, 4) is 16.3 Å². The smallest absolute Gasteiger partial charge is 0.322 e. The summed E-state index contributed by atoms with van der Waals surface area (Å²) in [6.07, 6.45) is 0. The van der Waals surface area contributed by atoms with Gasteiger partial charge in [-0.05, 0) is 46.9 Å². The van der Waals surface area contributed by atoms with Gasteiger partial charge in [0.05, 0.1) is 15.1 Å². The number of thiazole rings is 1. The van der Waals surface area contributed by atoms with E-state index in [1.165, 1.54) is 23.5 Å². The van der Waals surface area contributed by atoms with Crippen LogP contribution in [0.15, 0.2) is 77.7 Å². The summed E-state index contributed by atoms with van der Waals surface area (Å²) in [5.74, 6) is -1.59. The molecule has 4 rings (SSSR count). The topological polar surface area (TPSA) is 106 Å². The van der Waals surface area contributed by atoms with E-state index in [-0.39, 0.29) is 10.8 Å². The molecule has 4 aromatic rings. The van der Waals surface area contributed by atoms with Crippen LogP contribution >= 0.6 is 11.3 Å². The zero-order valence-electron chi connectivity index (χ0n) is 18.6. The highest BCUT2D eigenvalue weighted by Crippen LogP contribution is 2.28. The number of nitrogens with zero attached hydrogens (tertiary/aromatic N) is 1. The van der Waals surface area contributed by atoms with Crippen molar-refractivity contribution >= 4 is 37.5 Å². The van der Waals surface area contributed by atoms with Crippen molar-refractivity contribution in [3.63, 3.8) is 0 Å². The fraction of sp³-hybridized carbons (Fsp3) is 0.200. The number of carboxylic acids is 1. The minimum Gasteiger partial charge on any atom is -0.480 e. The first-order chi connectivity index (χ1) is 16.2. The van der Waals surface area contributed by atoms with E-state index in [0.717, 1.165) is 26.9 Å². The monoisotopic (exact) mass is 496 g/mol. The van der Waals surface area contributed by atoms with E-state index in [0.29, 0.717) is 11.8 Å². The van der Waals surface area contributed by atoms with Gasteiger partial charge in [0.15, 0.2) is 0 Å². The lowest BCUT2D eigenvalue weighted by Crippen LogP contribution is -2.44. The summed E-state index contributed by atoms with van der Waals surface area (Å²) in [7, 11) is -3.95. The van der Waals surface area contributed by atoms with Gasteiger partial charge in [0.2, 0.25) is 10.0 Å². The maximum Gasteiger partial charge on any atom is 0.322 e. The van der Waals surface area contributed by atoms with E-state index in [4.69, 9.17) is 4.74 Å². The third-order valence-corrected chi connectivity index (χ3v) is 7.71. The lowest BCUT2D eigenvalue weighted by Gasteiger charge is -2.18. The molecule has 7 nitrogen and oxygen atoms in total. The quantitative estimate of drug-likeness (QED) is 0.340. The van der Waals surface area contributed by atoms with Crippen molar-refractivity contribution in [1.29, 1.82) is 0 Å². The number of hydrogen-bond acceptors (Lipinski definition) is 6. The Kier molecular flexibility index (Phi) is 6.97. The van der Waals surface area contributed by atoms with Crippen LogP contribution in [0.25, 0.3) is 21.3 Å². The number of carbonyl (C=O) groups is 1. The highest BCUT2D eigenvalue weighted by Gasteiger charge is 2.27. The summed E-state index contributed by atoms with van der Waals surface area (Å²) in [5, 5.41) is 9.89. The normalized spacial score (nSPS) is 12.7. The van der Waals surface area contributed by atoms with Gasteiger partial charge < -0.3 is 9.84 Å². The Morgan fingerprint density at radius 2 is 1.62 bits per heavy atom. The minimum atomic E-state index is -3.95. The van der Waals surface area contributed by atoms with Crippen molar-refractivity contribution < 1.29 is 23.1 Å². The number of carboxylic acid groups (broad SMARTS) is 1. The van der Waals surface area contributed by atoms with E-state index < -0.39 is 22.0 Å². The molecule has 0 spiro atoms. The molecule has 0 unspecified atom stereocenters. The van der Waals surface area contributed by atoms with Crippen molar-refractivity contribution in [2.75, 3.05) is 0 Å². The first kappa shape index (κ1) is 23.9. The lowest BCUT2D eigenvalue weighted by molar-refractivity contribution is -0.140. The maximum atomic E-state index is 12.6. The fourth-order valence-corrected chi connectivity index (χ4v) is 5.54. The van der Waals surface area contributed by atoms with E-state index in [1.807, 2.05) is 48.5 Å². The largest absolute Gasteiger partial charge is 0.480 e. The van der Waals surface area contributed by atoms with Gasteiger partial charge >= 0.3 is 5.97 Å². The Morgan fingerprint density at radius 3 is 2.21 bits per heavy atom. The number of fused-ring (bicyclic) bond motifs is 1. The van der Waals surface area contributed by atoms with Crippen LogP contribution in [-0.4, -0.2) is 30.5 Å². The Morgan fingerprint density at radius 1 is 1.00 bits per heavy atom. The van der Waals surface area contributed by atoms with Crippen LogP contribution in [0.1, 0.15) is 19.4 Å². The van der Waals surface area contributed by atoms with Gasteiger partial charge in [-0.3, -0.25) is 4.79 Å². The highest BCUT2D eigenvalue weighted by molar-refractivity contribution is 7.89. The van der Waals surface area contributed by atoms with Gasteiger partial charge in [-0.25, -0.2) is 13.4 Å². The molecule has 0 saturated carbocycles. The van der Waals surface area contributed by atoms with Crippen molar-refractivity contribution in [2.45, 2.75) is 31.4 Å². The summed E-state index contributed by atoms with van der Waals surface area (Å²) in [4.78, 5) is 15.8. The van der Waals surface area contributed by atoms with Crippen molar-refractivity contribution in [3.05, 3.63) is 78.4 Å². The third-order valence-electron chi connectivity index (χ3n) is 5.30. The Bertz CT molecular complexity index is 1360. The number of para-hydroxylation sites is 1. The Hall–Kier alpha value is -3.27. The summed E-state index contributed by atoms with van der Waals surface area (Å²) >= 11 is 1.51. The van der Waals surface area contributed by atoms with Crippen LogP contribution in [0, 0.1) is 5.92 Å². The van der Waals surface area contributed by atoms with Gasteiger partial charge in [-0.2, -0.15) is 4.72 Å². The van der Waals surface area contributed by atoms with E-state index >= 15 is 0 Å². The molecule has 0 fully saturated rings. The van der Waals surface area contributed by atoms with Gasteiger partial charge in [0, 0.05) is 0 Å². The van der Waals surface area contributed by atoms with Crippen molar-refractivity contribution in [1.82, 2.24) is 9.71 Å². The predicted molar refractivity (Wildman–Crippen MR) is 132 cm³/mol. The number of aromatic nitrogens is 1. The zero-order valence-corrected chi connectivity index (χ0v) is 20.3. The molecule has 0 saturated heterocycles. The standard InChI is InChI=1S/C25H24N2O5S2/c1-16(2)23(24(28)29)27-34(30,31)20-13-11-19(12-14-20)18-9-7-17(8-10-18)15-32-25-26-21-5-3-4-6-22(21)33-25/h3-14,16,23,27H,15H2,1-2H3,(H,28,29)/t23-/m1/s1. The number of nitrogens with one attached hydrogen (secondary N) is 1. The second-order valence-corrected chi connectivity index (χ2v) is 10.8. The van der Waals surface area contributed by atoms with Crippen LogP contribution in [0.2, 0.25) is 0 Å². The van der Waals surface area contributed by atoms with Gasteiger partial charge in [0.25, 0.3) is 5.19 Å². The molecule has 0 bridgehead atoms. The molecule has 0 radical (unpaired) electrons. The molecule has 1 aromatic heterocycles. The van der Waals surface area contributed by atoms with E-state index in [2.05, 4.69) is 9.71 Å². The van der Waals surface area contributed by atoms with E-state index in [9.17, 15) is 18.3 Å². The molecule has 0 amide bonds. The molecule has 0 aliphatic rings. The average molecular weight is 497 g/mol. The second-order valence-electron chi connectivity index (χ2n) is 8.14. The molecule has 1 atom stereocenters. The number of ether oxygens (including phenoxy) is 1. The highest BCUT2D eigenvalue weighted by atomic mass is 32.2. The minimum absolute atomic E-state index is 0.0176. The molecule has 9 heteroatoms. The van der Waals surface area contributed by atoms with Gasteiger partial charge in [-0.15, -0.1) is 0 Å². The predicted octanol–water partition coefficient (Wildman–Crippen LogP) is 4.93. The van der Waals surface area contributed by atoms with Crippen LogP contribution in [0.3, 0.4) is 0 Å². The van der Waals surface area contributed by atoms with E-state index in [1.54, 1.807) is 26.0 Å². The lowest BCUT2D eigenvalue weighted by atomic mass is 10.0. The number of aliphatic carboxylic acids is 1. The number of hydrogen-bond donors (Lipinski definition) is 2. The molecular formula is C25H24N2O5S2. The zero-order chi connectivity index (χ0) is 24.3. The van der Waals surface area contributed by atoms with Crippen LogP contribution in [-0.2, 0) is 21.4 Å². The summed E-state index contributed by atoms with van der Waals surface area (Å²) in [5.41, 5.74) is 3.67. The summed E-state index contributed by atoms with van der Waals surface area (Å²) < 4.78 is 34.4. The van der Waals surface area contributed by atoms with Crippen LogP contribution < -0.4 is 9.46 Å². The molecule has 2 N–H and O–H groups in total. The number of benzene rings is 3. The molecular weight excluding hydrogens is 472 g/mol. The molecule has 176 valence electrons. The summed E-state index contributed by atoms with van der Waals surface area (Å²) in [6, 6.07) is 20.8. The fourth-order valence-electron chi connectivity index (χ4n) is 3.38. The molecule has 3 aromatic carbocycles. The van der Waals surface area contributed by atoms with Crippen molar-refractivity contribution in [2.24, 2.45) is 5.92 Å². The third kappa shape index (κ3) is 5.44. The average Bonchev–Trinajstić information content (AvgIpc) is 3.24. The first-order valence-electron chi connectivity index (χ1n) is 10.7. The maximum absolute atomic E-state index is 12.6. The van der Waals surface area contributed by atoms with Crippen LogP contribution in [0.4, 0.5) is 0 Å². The molecule has 0 aliphatic heterocycles. The van der Waals surface area contributed by atoms with Crippen LogP contribution in [0.5, 0.6) is 5.19 Å². The SMILES string of the molecule is CC(C)[C@@H](NS(=O)(=O)c1ccc(-c2ccc(COc3nc4ccccc4s3)cc2)cc1)C(=O)O. The molecule has 1 heterocycles. The second kappa shape index (κ2) is 9.92. The van der Waals surface area contributed by atoms with Gasteiger partial charge in [0.1, 0.15) is 12.6 Å². The number of rotatable bonds is 9. The summed E-state index contributed by atoms with van der Waals surface area (Å²) in [6.45, 7) is 3.69.